The maximum Gasteiger partial charge on any atom is 0.205 e. The largest absolute Gasteiger partial charge is 0.377 e. The van der Waals surface area contributed by atoms with Crippen LogP contribution in [-0.4, -0.2) is 29.0 Å². The van der Waals surface area contributed by atoms with Gasteiger partial charge in [0.25, 0.3) is 0 Å². The van der Waals surface area contributed by atoms with Crippen molar-refractivity contribution in [3.8, 4) is 0 Å². The van der Waals surface area contributed by atoms with E-state index in [-0.39, 0.29) is 0 Å². The number of hydrogen-bond acceptors (Lipinski definition) is 5. The van der Waals surface area contributed by atoms with Crippen LogP contribution in [0.4, 0.5) is 5.13 Å². The first-order valence-electron chi connectivity index (χ1n) is 8.60. The first-order chi connectivity index (χ1) is 11.4. The summed E-state index contributed by atoms with van der Waals surface area (Å²) >= 11 is 1.70. The van der Waals surface area contributed by atoms with Gasteiger partial charge in [-0.1, -0.05) is 48.1 Å². The Morgan fingerprint density at radius 1 is 1.22 bits per heavy atom. The summed E-state index contributed by atoms with van der Waals surface area (Å²) in [5.74, 6) is 0.678. The van der Waals surface area contributed by atoms with Gasteiger partial charge in [0.15, 0.2) is 0 Å². The van der Waals surface area contributed by atoms with E-state index < -0.39 is 0 Å². The molecule has 2 aliphatic carbocycles. The van der Waals surface area contributed by atoms with Crippen LogP contribution in [0.1, 0.15) is 36.3 Å². The summed E-state index contributed by atoms with van der Waals surface area (Å²) < 4.78 is 5.99. The Bertz CT molecular complexity index is 697. The van der Waals surface area contributed by atoms with Crippen LogP contribution in [-0.2, 0) is 11.2 Å². The number of fused-ring (bicyclic) bond motifs is 2. The minimum Gasteiger partial charge on any atom is -0.377 e. The summed E-state index contributed by atoms with van der Waals surface area (Å²) in [7, 11) is 0. The Kier molecular flexibility index (Phi) is 3.20. The normalized spacial score (nSPS) is 30.5. The fourth-order valence-corrected chi connectivity index (χ4v) is 5.55. The highest BCUT2D eigenvalue weighted by atomic mass is 32.1. The molecule has 3 atom stereocenters. The minimum absolute atomic E-state index is 0.395. The maximum absolute atomic E-state index is 5.99. The van der Waals surface area contributed by atoms with Gasteiger partial charge in [0, 0.05) is 30.4 Å². The van der Waals surface area contributed by atoms with Crippen LogP contribution in [0.3, 0.4) is 0 Å². The lowest BCUT2D eigenvalue weighted by molar-refractivity contribution is -0.158. The van der Waals surface area contributed by atoms with Crippen LogP contribution in [0, 0.1) is 11.3 Å². The summed E-state index contributed by atoms with van der Waals surface area (Å²) in [6.45, 7) is 0.935. The first kappa shape index (κ1) is 13.9. The van der Waals surface area contributed by atoms with Gasteiger partial charge in [-0.25, -0.2) is 0 Å². The summed E-state index contributed by atoms with van der Waals surface area (Å²) in [5.41, 5.74) is 1.69. The molecule has 1 aromatic heterocycles. The number of anilines is 1. The highest BCUT2D eigenvalue weighted by Crippen LogP contribution is 2.63. The van der Waals surface area contributed by atoms with Crippen molar-refractivity contribution in [2.24, 2.45) is 11.3 Å². The number of benzene rings is 1. The average molecular weight is 327 g/mol. The summed E-state index contributed by atoms with van der Waals surface area (Å²) in [4.78, 5) is 0. The lowest BCUT2D eigenvalue weighted by atomic mass is 9.46. The molecule has 1 aliphatic heterocycles. The zero-order valence-electron chi connectivity index (χ0n) is 13.1. The Morgan fingerprint density at radius 2 is 2.09 bits per heavy atom. The summed E-state index contributed by atoms with van der Waals surface area (Å²) in [6.07, 6.45) is 6.53. The molecule has 3 fully saturated rings. The van der Waals surface area contributed by atoms with Gasteiger partial charge in [-0.15, -0.1) is 10.2 Å². The molecule has 4 nitrogen and oxygen atoms in total. The third kappa shape index (κ3) is 2.13. The second kappa shape index (κ2) is 5.28. The highest BCUT2D eigenvalue weighted by Gasteiger charge is 2.66. The fourth-order valence-electron chi connectivity index (χ4n) is 4.74. The van der Waals surface area contributed by atoms with E-state index in [0.717, 1.165) is 23.2 Å². The predicted molar refractivity (Wildman–Crippen MR) is 90.7 cm³/mol. The molecule has 1 N–H and O–H groups in total. The maximum atomic E-state index is 5.99. The molecule has 3 unspecified atom stereocenters. The van der Waals surface area contributed by atoms with Crippen molar-refractivity contribution in [1.82, 2.24) is 10.2 Å². The highest BCUT2D eigenvalue weighted by molar-refractivity contribution is 7.15. The molecule has 5 heteroatoms. The Morgan fingerprint density at radius 3 is 2.87 bits per heavy atom. The third-order valence-corrected chi connectivity index (χ3v) is 6.83. The Balaban J connectivity index is 1.30. The van der Waals surface area contributed by atoms with E-state index in [0.29, 0.717) is 23.5 Å². The van der Waals surface area contributed by atoms with E-state index in [1.54, 1.807) is 11.3 Å². The smallest absolute Gasteiger partial charge is 0.205 e. The lowest BCUT2D eigenvalue weighted by Crippen LogP contribution is -2.68. The van der Waals surface area contributed by atoms with Gasteiger partial charge in [0.1, 0.15) is 5.01 Å². The summed E-state index contributed by atoms with van der Waals surface area (Å²) in [5, 5.41) is 14.5. The molecule has 23 heavy (non-hydrogen) atoms. The lowest BCUT2D eigenvalue weighted by Gasteiger charge is -2.63. The topological polar surface area (TPSA) is 47.0 Å². The molecule has 120 valence electrons. The average Bonchev–Trinajstić information content (AvgIpc) is 3.12. The number of rotatable bonds is 4. The van der Waals surface area contributed by atoms with Crippen molar-refractivity contribution in [3.63, 3.8) is 0 Å². The van der Waals surface area contributed by atoms with Gasteiger partial charge in [-0.2, -0.15) is 0 Å². The molecule has 1 spiro atoms. The van der Waals surface area contributed by atoms with Crippen molar-refractivity contribution in [2.45, 2.75) is 44.2 Å². The quantitative estimate of drug-likeness (QED) is 0.934. The molecule has 0 bridgehead atoms. The Labute approximate surface area is 140 Å². The van der Waals surface area contributed by atoms with E-state index in [2.05, 4.69) is 39.8 Å². The number of aromatic nitrogens is 2. The van der Waals surface area contributed by atoms with Crippen LogP contribution in [0.2, 0.25) is 0 Å². The van der Waals surface area contributed by atoms with Gasteiger partial charge >= 0.3 is 0 Å². The second-order valence-electron chi connectivity index (χ2n) is 7.12. The van der Waals surface area contributed by atoms with E-state index >= 15 is 0 Å². The molecule has 0 radical (unpaired) electrons. The van der Waals surface area contributed by atoms with Crippen LogP contribution >= 0.6 is 11.3 Å². The van der Waals surface area contributed by atoms with Crippen LogP contribution < -0.4 is 5.32 Å². The zero-order valence-corrected chi connectivity index (χ0v) is 13.9. The number of nitrogens with zero attached hydrogens (tertiary/aromatic N) is 2. The first-order valence-corrected chi connectivity index (χ1v) is 9.41. The molecule has 0 amide bonds. The minimum atomic E-state index is 0.395. The SMILES string of the molecule is c1ccc(Cc2nnc(NC3C4CCOC4C34CCC4)s2)cc1. The van der Waals surface area contributed by atoms with Crippen molar-refractivity contribution < 1.29 is 4.74 Å². The molecule has 2 heterocycles. The third-order valence-electron chi connectivity index (χ3n) is 5.98. The van der Waals surface area contributed by atoms with Crippen molar-refractivity contribution in [2.75, 3.05) is 11.9 Å². The fraction of sp³-hybridized carbons (Fsp3) is 0.556. The van der Waals surface area contributed by atoms with Gasteiger partial charge in [-0.3, -0.25) is 0 Å². The molecular formula is C18H21N3OS. The summed E-state index contributed by atoms with van der Waals surface area (Å²) in [6, 6.07) is 11.0. The van der Waals surface area contributed by atoms with Crippen molar-refractivity contribution in [3.05, 3.63) is 40.9 Å². The molecular weight excluding hydrogens is 306 g/mol. The number of hydrogen-bond donors (Lipinski definition) is 1. The molecule has 3 aliphatic rings. The molecule has 5 rings (SSSR count). The van der Waals surface area contributed by atoms with Gasteiger partial charge < -0.3 is 10.1 Å². The standard InChI is InChI=1S/C18H21N3OS/c1-2-5-12(6-3-1)11-14-20-21-17(23-14)19-15-13-7-10-22-16(13)18(15)8-4-9-18/h1-3,5-6,13,15-16H,4,7-11H2,(H,19,21). The van der Waals surface area contributed by atoms with Gasteiger partial charge in [0.05, 0.1) is 6.10 Å². The Hall–Kier alpha value is -1.46. The van der Waals surface area contributed by atoms with Crippen LogP contribution in [0.5, 0.6) is 0 Å². The number of nitrogens with one attached hydrogen (secondary N) is 1. The monoisotopic (exact) mass is 327 g/mol. The zero-order chi connectivity index (χ0) is 15.3. The van der Waals surface area contributed by atoms with E-state index in [9.17, 15) is 0 Å². The molecule has 2 saturated carbocycles. The van der Waals surface area contributed by atoms with E-state index in [1.807, 2.05) is 6.07 Å². The van der Waals surface area contributed by atoms with Gasteiger partial charge in [0.2, 0.25) is 5.13 Å². The molecule has 1 aromatic carbocycles. The van der Waals surface area contributed by atoms with E-state index in [4.69, 9.17) is 4.74 Å². The van der Waals surface area contributed by atoms with Gasteiger partial charge in [-0.05, 0) is 24.8 Å². The molecule has 2 aromatic rings. The second-order valence-corrected chi connectivity index (χ2v) is 8.18. The van der Waals surface area contributed by atoms with Crippen molar-refractivity contribution in [1.29, 1.82) is 0 Å². The molecule has 1 saturated heterocycles. The number of ether oxygens (including phenoxy) is 1. The van der Waals surface area contributed by atoms with Crippen LogP contribution in [0.15, 0.2) is 30.3 Å². The van der Waals surface area contributed by atoms with E-state index in [1.165, 1.54) is 31.2 Å². The predicted octanol–water partition coefficient (Wildman–Crippen LogP) is 3.50. The van der Waals surface area contributed by atoms with Crippen molar-refractivity contribution >= 4 is 16.5 Å². The van der Waals surface area contributed by atoms with Crippen LogP contribution in [0.25, 0.3) is 0 Å².